The lowest BCUT2D eigenvalue weighted by atomic mass is 9.99. The maximum Gasteiger partial charge on any atom is 0.334 e. The number of aliphatic hydroxyl groups excluding tert-OH is 1. The highest BCUT2D eigenvalue weighted by Gasteiger charge is 2.41. The van der Waals surface area contributed by atoms with Crippen LogP contribution in [-0.4, -0.2) is 66.7 Å². The van der Waals surface area contributed by atoms with Gasteiger partial charge in [0.05, 0.1) is 42.7 Å². The van der Waals surface area contributed by atoms with E-state index in [0.717, 1.165) is 82.6 Å². The lowest BCUT2D eigenvalue weighted by Gasteiger charge is -2.25. The van der Waals surface area contributed by atoms with Gasteiger partial charge >= 0.3 is 5.97 Å². The molecule has 4 heterocycles. The van der Waals surface area contributed by atoms with Gasteiger partial charge in [0.2, 0.25) is 0 Å². The average molecular weight is 635 g/mol. The summed E-state index contributed by atoms with van der Waals surface area (Å²) in [7, 11) is 0. The van der Waals surface area contributed by atoms with E-state index >= 15 is 0 Å². The van der Waals surface area contributed by atoms with Crippen LogP contribution in [0.1, 0.15) is 168 Å². The highest BCUT2D eigenvalue weighted by Crippen LogP contribution is 2.36. The minimum Gasteiger partial charge on any atom is -0.455 e. The van der Waals surface area contributed by atoms with Crippen molar-refractivity contribution >= 4 is 5.97 Å². The molecule has 4 aliphatic rings. The van der Waals surface area contributed by atoms with Gasteiger partial charge in [0.25, 0.3) is 0 Å². The standard InChI is InChI=1S/C38H66O7/c1-3-4-5-6-7-8-9-10-14-17-20-32(39)33-23-24-36(44-33)37-26-25-35(45-37)34-22-21-31(41-28-42-34)19-16-13-11-12-15-18-30-27-29(2)43-38(30)40/h27,29,31-37,39H,3-26,28H2,1-2H3/t29-,31+,32+,33+,34+,35+,36+,37+/m0/s1. The third kappa shape index (κ3) is 13.2. The van der Waals surface area contributed by atoms with Crippen molar-refractivity contribution in [2.75, 3.05) is 6.79 Å². The SMILES string of the molecule is CCCCCCCCCCCC[C@@H](O)[C@H]1CC[C@H]([C@H]2CC[C@H]([C@H]3CC[C@@H](CCCCCCCC4=C[C@H](C)OC4=O)OCO3)O2)O1. The van der Waals surface area contributed by atoms with Crippen molar-refractivity contribution in [1.82, 2.24) is 0 Å². The molecule has 45 heavy (non-hydrogen) atoms. The van der Waals surface area contributed by atoms with Crippen LogP contribution < -0.4 is 0 Å². The summed E-state index contributed by atoms with van der Waals surface area (Å²) in [6, 6.07) is 0. The molecule has 8 atom stereocenters. The quantitative estimate of drug-likeness (QED) is 0.0941. The number of carbonyl (C=O) groups is 1. The van der Waals surface area contributed by atoms with Crippen molar-refractivity contribution in [2.45, 2.75) is 217 Å². The minimum atomic E-state index is -0.347. The zero-order chi connectivity index (χ0) is 31.7. The molecule has 260 valence electrons. The van der Waals surface area contributed by atoms with Crippen molar-refractivity contribution in [3.05, 3.63) is 11.6 Å². The number of esters is 1. The molecule has 4 rings (SSSR count). The van der Waals surface area contributed by atoms with E-state index < -0.39 is 0 Å². The Bertz CT molecular complexity index is 846. The maximum absolute atomic E-state index is 11.7. The summed E-state index contributed by atoms with van der Waals surface area (Å²) in [5.74, 6) is -0.127. The van der Waals surface area contributed by atoms with Gasteiger partial charge in [-0.2, -0.15) is 0 Å². The van der Waals surface area contributed by atoms with Crippen LogP contribution in [0.25, 0.3) is 0 Å². The van der Waals surface area contributed by atoms with Crippen LogP contribution in [0.3, 0.4) is 0 Å². The van der Waals surface area contributed by atoms with Gasteiger partial charge in [0, 0.05) is 5.57 Å². The van der Waals surface area contributed by atoms with Crippen molar-refractivity contribution in [3.63, 3.8) is 0 Å². The van der Waals surface area contributed by atoms with Crippen molar-refractivity contribution < 1.29 is 33.6 Å². The fourth-order valence-electron chi connectivity index (χ4n) is 7.80. The summed E-state index contributed by atoms with van der Waals surface area (Å²) in [6.07, 6.45) is 29.9. The molecule has 3 saturated heterocycles. The van der Waals surface area contributed by atoms with E-state index in [9.17, 15) is 9.90 Å². The number of hydrogen-bond acceptors (Lipinski definition) is 7. The lowest BCUT2D eigenvalue weighted by molar-refractivity contribution is -0.146. The van der Waals surface area contributed by atoms with Crippen LogP contribution in [0.4, 0.5) is 0 Å². The molecule has 0 amide bonds. The molecular weight excluding hydrogens is 568 g/mol. The van der Waals surface area contributed by atoms with E-state index in [1.165, 1.54) is 77.0 Å². The largest absolute Gasteiger partial charge is 0.455 e. The Morgan fingerprint density at radius 3 is 2.02 bits per heavy atom. The third-order valence-corrected chi connectivity index (χ3v) is 10.6. The Kier molecular flexibility index (Phi) is 17.3. The smallest absolute Gasteiger partial charge is 0.334 e. The van der Waals surface area contributed by atoms with Gasteiger partial charge in [0.1, 0.15) is 12.9 Å². The van der Waals surface area contributed by atoms with Crippen molar-refractivity contribution in [2.24, 2.45) is 0 Å². The molecule has 0 spiro atoms. The molecule has 0 radical (unpaired) electrons. The van der Waals surface area contributed by atoms with Gasteiger partial charge in [-0.1, -0.05) is 96.8 Å². The molecule has 0 aromatic carbocycles. The molecule has 0 aromatic rings. The van der Waals surface area contributed by atoms with Crippen LogP contribution >= 0.6 is 0 Å². The number of unbranched alkanes of at least 4 members (excludes halogenated alkanes) is 13. The highest BCUT2D eigenvalue weighted by molar-refractivity contribution is 5.90. The summed E-state index contributed by atoms with van der Waals surface area (Å²) in [5, 5.41) is 10.8. The molecule has 0 aromatic heterocycles. The van der Waals surface area contributed by atoms with Gasteiger partial charge < -0.3 is 28.8 Å². The number of aliphatic hydroxyl groups is 1. The molecule has 0 unspecified atom stereocenters. The van der Waals surface area contributed by atoms with Gasteiger partial charge in [-0.15, -0.1) is 0 Å². The Morgan fingerprint density at radius 1 is 0.711 bits per heavy atom. The predicted molar refractivity (Wildman–Crippen MR) is 178 cm³/mol. The van der Waals surface area contributed by atoms with Gasteiger partial charge in [-0.25, -0.2) is 4.79 Å². The molecule has 0 bridgehead atoms. The van der Waals surface area contributed by atoms with E-state index in [1.807, 2.05) is 13.0 Å². The first-order valence-electron chi connectivity index (χ1n) is 19.2. The Balaban J connectivity index is 1.01. The van der Waals surface area contributed by atoms with Gasteiger partial charge in [-0.05, 0) is 77.2 Å². The van der Waals surface area contributed by atoms with Crippen LogP contribution in [0.5, 0.6) is 0 Å². The van der Waals surface area contributed by atoms with Crippen LogP contribution in [0.15, 0.2) is 11.6 Å². The Morgan fingerprint density at radius 2 is 1.31 bits per heavy atom. The molecule has 0 aliphatic carbocycles. The normalized spacial score (nSPS) is 31.2. The van der Waals surface area contributed by atoms with Crippen LogP contribution in [0, 0.1) is 0 Å². The van der Waals surface area contributed by atoms with Gasteiger partial charge in [-0.3, -0.25) is 0 Å². The summed E-state index contributed by atoms with van der Waals surface area (Å²) in [5.41, 5.74) is 0.857. The van der Waals surface area contributed by atoms with Gasteiger partial charge in [0.15, 0.2) is 0 Å². The second-order valence-electron chi connectivity index (χ2n) is 14.4. The fourth-order valence-corrected chi connectivity index (χ4v) is 7.80. The maximum atomic E-state index is 11.7. The van der Waals surface area contributed by atoms with Crippen LogP contribution in [-0.2, 0) is 28.5 Å². The van der Waals surface area contributed by atoms with Crippen molar-refractivity contribution in [3.8, 4) is 0 Å². The molecule has 1 N–H and O–H groups in total. The monoisotopic (exact) mass is 634 g/mol. The topological polar surface area (TPSA) is 83.5 Å². The van der Waals surface area contributed by atoms with Crippen molar-refractivity contribution in [1.29, 1.82) is 0 Å². The average Bonchev–Trinajstić information content (AvgIpc) is 3.75. The second kappa shape index (κ2) is 21.1. The summed E-state index contributed by atoms with van der Waals surface area (Å²) in [6.45, 7) is 4.54. The molecule has 4 aliphatic heterocycles. The first-order valence-corrected chi connectivity index (χ1v) is 19.2. The molecule has 0 saturated carbocycles. The number of rotatable bonds is 22. The first-order chi connectivity index (χ1) is 22.0. The highest BCUT2D eigenvalue weighted by atomic mass is 16.7. The number of cyclic esters (lactones) is 1. The van der Waals surface area contributed by atoms with E-state index in [4.69, 9.17) is 23.7 Å². The predicted octanol–water partition coefficient (Wildman–Crippen LogP) is 8.88. The number of carbonyl (C=O) groups excluding carboxylic acids is 1. The Hall–Kier alpha value is -0.990. The third-order valence-electron chi connectivity index (χ3n) is 10.6. The molecule has 7 heteroatoms. The molecule has 3 fully saturated rings. The van der Waals surface area contributed by atoms with Crippen LogP contribution in [0.2, 0.25) is 0 Å². The minimum absolute atomic E-state index is 0.0354. The summed E-state index contributed by atoms with van der Waals surface area (Å²) in [4.78, 5) is 11.7. The van der Waals surface area contributed by atoms with E-state index in [2.05, 4.69) is 6.92 Å². The summed E-state index contributed by atoms with van der Waals surface area (Å²) < 4.78 is 30.3. The molecular formula is C38H66O7. The number of hydrogen-bond donors (Lipinski definition) is 1. The second-order valence-corrected chi connectivity index (χ2v) is 14.4. The van der Waals surface area contributed by atoms with E-state index in [1.54, 1.807) is 0 Å². The zero-order valence-corrected chi connectivity index (χ0v) is 28.8. The van der Waals surface area contributed by atoms with E-state index in [0.29, 0.717) is 6.79 Å². The lowest BCUT2D eigenvalue weighted by Crippen LogP contribution is -2.34. The zero-order valence-electron chi connectivity index (χ0n) is 28.8. The summed E-state index contributed by atoms with van der Waals surface area (Å²) >= 11 is 0. The number of ether oxygens (including phenoxy) is 5. The fraction of sp³-hybridized carbons (Fsp3) is 0.921. The Labute approximate surface area is 274 Å². The molecule has 7 nitrogen and oxygen atoms in total. The van der Waals surface area contributed by atoms with E-state index in [-0.39, 0.29) is 54.8 Å². The first kappa shape index (κ1) is 36.8.